The zero-order valence-corrected chi connectivity index (χ0v) is 14.5. The molecule has 1 aromatic rings. The summed E-state index contributed by atoms with van der Waals surface area (Å²) < 4.78 is 10.3. The predicted molar refractivity (Wildman–Crippen MR) is 89.3 cm³/mol. The molecule has 1 aliphatic carbocycles. The molecule has 0 aromatic heterocycles. The third kappa shape index (κ3) is 3.06. The van der Waals surface area contributed by atoms with Crippen LogP contribution in [0.4, 0.5) is 4.79 Å². The van der Waals surface area contributed by atoms with E-state index in [-0.39, 0.29) is 12.5 Å². The highest BCUT2D eigenvalue weighted by molar-refractivity contribution is 6.08. The van der Waals surface area contributed by atoms with Crippen molar-refractivity contribution in [3.63, 3.8) is 0 Å². The molecular weight excluding hydrogens is 324 g/mol. The number of likely N-dealkylation sites (N-methyl/N-ethyl adjacent to an activating group) is 1. The lowest BCUT2D eigenvalue weighted by molar-refractivity contribution is -0.142. The maximum atomic E-state index is 12.8. The number of imide groups is 1. The van der Waals surface area contributed by atoms with Gasteiger partial charge in [-0.25, -0.2) is 9.59 Å². The number of carbonyl (C=O) groups excluding carboxylic acids is 3. The van der Waals surface area contributed by atoms with Gasteiger partial charge in [0.15, 0.2) is 0 Å². The van der Waals surface area contributed by atoms with Crippen LogP contribution < -0.4 is 9.47 Å². The molecule has 0 bridgehead atoms. The van der Waals surface area contributed by atoms with Crippen molar-refractivity contribution < 1.29 is 23.9 Å². The topological polar surface area (TPSA) is 76.2 Å². The van der Waals surface area contributed by atoms with E-state index in [1.165, 1.54) is 4.90 Å². The normalized spacial score (nSPS) is 19.4. The molecule has 2 aliphatic rings. The van der Waals surface area contributed by atoms with Gasteiger partial charge in [0.25, 0.3) is 5.91 Å². The van der Waals surface area contributed by atoms with E-state index in [1.54, 1.807) is 38.4 Å². The maximum absolute atomic E-state index is 12.8. The number of benzene rings is 1. The highest BCUT2D eigenvalue weighted by atomic mass is 16.5. The fourth-order valence-corrected chi connectivity index (χ4v) is 3.61. The number of nitrogens with zero attached hydrogens (tertiary/aromatic N) is 2. The molecule has 25 heavy (non-hydrogen) atoms. The van der Waals surface area contributed by atoms with Crippen molar-refractivity contribution in [1.82, 2.24) is 9.80 Å². The lowest BCUT2D eigenvalue weighted by Crippen LogP contribution is -2.49. The highest BCUT2D eigenvalue weighted by Gasteiger charge is 2.55. The molecule has 1 aromatic carbocycles. The second kappa shape index (κ2) is 6.74. The van der Waals surface area contributed by atoms with Crippen LogP contribution in [0, 0.1) is 0 Å². The van der Waals surface area contributed by atoms with E-state index in [0.29, 0.717) is 24.3 Å². The summed E-state index contributed by atoms with van der Waals surface area (Å²) in [5, 5.41) is 0. The van der Waals surface area contributed by atoms with Gasteiger partial charge in [-0.3, -0.25) is 9.69 Å². The van der Waals surface area contributed by atoms with Crippen molar-refractivity contribution in [3.8, 4) is 11.5 Å². The van der Waals surface area contributed by atoms with Crippen molar-refractivity contribution in [2.24, 2.45) is 0 Å². The first kappa shape index (κ1) is 17.3. The number of rotatable bonds is 4. The first-order chi connectivity index (χ1) is 12.0. The van der Waals surface area contributed by atoms with Crippen LogP contribution in [-0.4, -0.2) is 53.9 Å². The highest BCUT2D eigenvalue weighted by Crippen LogP contribution is 2.39. The Morgan fingerprint density at radius 1 is 1.08 bits per heavy atom. The van der Waals surface area contributed by atoms with Crippen LogP contribution in [-0.2, 0) is 9.59 Å². The first-order valence-electron chi connectivity index (χ1n) is 8.42. The van der Waals surface area contributed by atoms with Gasteiger partial charge in [-0.1, -0.05) is 19.3 Å². The molecule has 2 fully saturated rings. The number of esters is 1. The third-order valence-electron chi connectivity index (χ3n) is 5.06. The van der Waals surface area contributed by atoms with Crippen LogP contribution >= 0.6 is 0 Å². The Balaban J connectivity index is 1.68. The molecule has 0 radical (unpaired) electrons. The lowest BCUT2D eigenvalue weighted by Gasteiger charge is -2.35. The molecule has 7 heteroatoms. The summed E-state index contributed by atoms with van der Waals surface area (Å²) in [7, 11) is 3.18. The lowest BCUT2D eigenvalue weighted by atomic mass is 9.81. The summed E-state index contributed by atoms with van der Waals surface area (Å²) in [5.74, 6) is 0.0516. The van der Waals surface area contributed by atoms with E-state index >= 15 is 0 Å². The van der Waals surface area contributed by atoms with Crippen LogP contribution in [0.25, 0.3) is 0 Å². The standard InChI is InChI=1S/C18H22N2O5/c1-19-17(23)20(16(22)18(19)10-4-3-5-11-18)12-15(21)25-14-8-6-13(24-2)7-9-14/h6-9H,3-5,10-12H2,1-2H3. The minimum atomic E-state index is -0.782. The molecule has 7 nitrogen and oxygen atoms in total. The van der Waals surface area contributed by atoms with Crippen molar-refractivity contribution in [2.45, 2.75) is 37.6 Å². The van der Waals surface area contributed by atoms with Gasteiger partial charge < -0.3 is 14.4 Å². The number of hydrogen-bond acceptors (Lipinski definition) is 5. The van der Waals surface area contributed by atoms with Crippen LogP contribution in [0.15, 0.2) is 24.3 Å². The molecule has 0 unspecified atom stereocenters. The summed E-state index contributed by atoms with van der Waals surface area (Å²) in [5.41, 5.74) is -0.782. The number of ether oxygens (including phenoxy) is 2. The third-order valence-corrected chi connectivity index (χ3v) is 5.06. The van der Waals surface area contributed by atoms with Crippen molar-refractivity contribution in [1.29, 1.82) is 0 Å². The van der Waals surface area contributed by atoms with E-state index in [9.17, 15) is 14.4 Å². The van der Waals surface area contributed by atoms with Crippen molar-refractivity contribution in [2.75, 3.05) is 20.7 Å². The molecule has 1 aliphatic heterocycles. The largest absolute Gasteiger partial charge is 0.497 e. The molecule has 1 heterocycles. The number of amides is 3. The number of urea groups is 1. The van der Waals surface area contributed by atoms with Gasteiger partial charge in [-0.2, -0.15) is 0 Å². The van der Waals surface area contributed by atoms with Gasteiger partial charge >= 0.3 is 12.0 Å². The minimum Gasteiger partial charge on any atom is -0.497 e. The Morgan fingerprint density at radius 2 is 1.68 bits per heavy atom. The summed E-state index contributed by atoms with van der Waals surface area (Å²) in [6.07, 6.45) is 4.19. The van der Waals surface area contributed by atoms with E-state index in [2.05, 4.69) is 0 Å². The molecule has 3 amide bonds. The Labute approximate surface area is 146 Å². The van der Waals surface area contributed by atoms with Gasteiger partial charge in [-0.05, 0) is 37.1 Å². The number of hydrogen-bond donors (Lipinski definition) is 0. The summed E-state index contributed by atoms with van der Waals surface area (Å²) in [6.45, 7) is -0.379. The Hall–Kier alpha value is -2.57. The second-order valence-electron chi connectivity index (χ2n) is 6.47. The molecular formula is C18H22N2O5. The van der Waals surface area contributed by atoms with Gasteiger partial charge in [-0.15, -0.1) is 0 Å². The minimum absolute atomic E-state index is 0.286. The number of methoxy groups -OCH3 is 1. The van der Waals surface area contributed by atoms with E-state index in [1.807, 2.05) is 0 Å². The van der Waals surface area contributed by atoms with Crippen molar-refractivity contribution in [3.05, 3.63) is 24.3 Å². The molecule has 1 spiro atoms. The average molecular weight is 346 g/mol. The zero-order chi connectivity index (χ0) is 18.0. The Kier molecular flexibility index (Phi) is 4.65. The summed E-state index contributed by atoms with van der Waals surface area (Å²) >= 11 is 0. The maximum Gasteiger partial charge on any atom is 0.331 e. The summed E-state index contributed by atoms with van der Waals surface area (Å²) in [4.78, 5) is 40.0. The van der Waals surface area contributed by atoms with Gasteiger partial charge in [0.05, 0.1) is 7.11 Å². The Bertz CT molecular complexity index is 679. The Morgan fingerprint density at radius 3 is 2.28 bits per heavy atom. The first-order valence-corrected chi connectivity index (χ1v) is 8.42. The summed E-state index contributed by atoms with van der Waals surface area (Å²) in [6, 6.07) is 6.09. The van der Waals surface area contributed by atoms with Crippen molar-refractivity contribution >= 4 is 17.9 Å². The fraction of sp³-hybridized carbons (Fsp3) is 0.500. The monoisotopic (exact) mass is 346 g/mol. The quantitative estimate of drug-likeness (QED) is 0.475. The molecule has 1 saturated heterocycles. The van der Waals surface area contributed by atoms with E-state index in [4.69, 9.17) is 9.47 Å². The van der Waals surface area contributed by atoms with Crippen LogP contribution in [0.2, 0.25) is 0 Å². The molecule has 134 valence electrons. The SMILES string of the molecule is COc1ccc(OC(=O)CN2C(=O)N(C)C3(CCCCC3)C2=O)cc1. The second-order valence-corrected chi connectivity index (χ2v) is 6.47. The van der Waals surface area contributed by atoms with Crippen LogP contribution in [0.5, 0.6) is 11.5 Å². The van der Waals surface area contributed by atoms with Gasteiger partial charge in [0.1, 0.15) is 23.6 Å². The predicted octanol–water partition coefficient (Wildman–Crippen LogP) is 2.20. The molecule has 3 rings (SSSR count). The molecule has 1 saturated carbocycles. The van der Waals surface area contributed by atoms with Gasteiger partial charge in [0, 0.05) is 7.05 Å². The zero-order valence-electron chi connectivity index (χ0n) is 14.5. The van der Waals surface area contributed by atoms with E-state index in [0.717, 1.165) is 24.2 Å². The van der Waals surface area contributed by atoms with E-state index < -0.39 is 17.5 Å². The van der Waals surface area contributed by atoms with Crippen LogP contribution in [0.1, 0.15) is 32.1 Å². The van der Waals surface area contributed by atoms with Crippen LogP contribution in [0.3, 0.4) is 0 Å². The number of carbonyl (C=O) groups is 3. The average Bonchev–Trinajstić information content (AvgIpc) is 2.79. The molecule has 0 atom stereocenters. The van der Waals surface area contributed by atoms with Gasteiger partial charge in [0.2, 0.25) is 0 Å². The smallest absolute Gasteiger partial charge is 0.331 e. The fourth-order valence-electron chi connectivity index (χ4n) is 3.61. The molecule has 0 N–H and O–H groups in total.